The van der Waals surface area contributed by atoms with Gasteiger partial charge in [-0.05, 0) is 29.8 Å². The van der Waals surface area contributed by atoms with Crippen molar-refractivity contribution in [1.29, 1.82) is 0 Å². The first kappa shape index (κ1) is 15.2. The minimum atomic E-state index is -4.43. The molecule has 0 aliphatic carbocycles. The second kappa shape index (κ2) is 5.67. The number of alkyl halides is 3. The van der Waals surface area contributed by atoms with Gasteiger partial charge >= 0.3 is 6.18 Å². The summed E-state index contributed by atoms with van der Waals surface area (Å²) < 4.78 is 76.2. The molecule has 1 N–H and O–H groups in total. The van der Waals surface area contributed by atoms with E-state index in [1.165, 1.54) is 12.1 Å². The minimum Gasteiger partial charge on any atom is -0.379 e. The van der Waals surface area contributed by atoms with Gasteiger partial charge < -0.3 is 5.32 Å². The van der Waals surface area contributed by atoms with Gasteiger partial charge in [-0.2, -0.15) is 13.2 Å². The molecule has 7 heteroatoms. The van der Waals surface area contributed by atoms with Gasteiger partial charge in [-0.15, -0.1) is 0 Å². The van der Waals surface area contributed by atoms with Gasteiger partial charge in [0.2, 0.25) is 0 Å². The molecule has 0 atom stereocenters. The highest BCUT2D eigenvalue weighted by atomic mass is 19.4. The van der Waals surface area contributed by atoms with E-state index in [2.05, 4.69) is 5.32 Å². The highest BCUT2D eigenvalue weighted by molar-refractivity contribution is 5.46. The van der Waals surface area contributed by atoms with Gasteiger partial charge in [0.15, 0.2) is 17.5 Å². The van der Waals surface area contributed by atoms with E-state index in [-0.39, 0.29) is 12.2 Å². The van der Waals surface area contributed by atoms with E-state index >= 15 is 0 Å². The molecule has 112 valence electrons. The van der Waals surface area contributed by atoms with Gasteiger partial charge in [-0.25, -0.2) is 13.2 Å². The van der Waals surface area contributed by atoms with Crippen LogP contribution >= 0.6 is 0 Å². The molecule has 2 aromatic carbocycles. The second-order valence-electron chi connectivity index (χ2n) is 4.27. The number of hydrogen-bond acceptors (Lipinski definition) is 1. The van der Waals surface area contributed by atoms with Crippen LogP contribution in [0.4, 0.5) is 32.0 Å². The van der Waals surface area contributed by atoms with E-state index in [1.807, 2.05) is 0 Å². The summed E-state index contributed by atoms with van der Waals surface area (Å²) in [6.07, 6.45) is -4.43. The van der Waals surface area contributed by atoms with E-state index < -0.39 is 29.2 Å². The zero-order valence-electron chi connectivity index (χ0n) is 10.4. The van der Waals surface area contributed by atoms with Crippen LogP contribution in [0.15, 0.2) is 36.4 Å². The third kappa shape index (κ3) is 3.48. The lowest BCUT2D eigenvalue weighted by Gasteiger charge is -2.10. The van der Waals surface area contributed by atoms with E-state index in [9.17, 15) is 26.3 Å². The number of hydrogen-bond donors (Lipinski definition) is 1. The first-order valence-electron chi connectivity index (χ1n) is 5.82. The Morgan fingerprint density at radius 2 is 1.43 bits per heavy atom. The van der Waals surface area contributed by atoms with E-state index in [0.717, 1.165) is 24.3 Å². The summed E-state index contributed by atoms with van der Waals surface area (Å²) >= 11 is 0. The van der Waals surface area contributed by atoms with Crippen LogP contribution in [-0.2, 0) is 12.7 Å². The molecule has 0 radical (unpaired) electrons. The van der Waals surface area contributed by atoms with Crippen LogP contribution in [0, 0.1) is 17.5 Å². The Hall–Kier alpha value is -2.18. The Kier molecular flexibility index (Phi) is 4.11. The normalized spacial score (nSPS) is 11.5. The van der Waals surface area contributed by atoms with Crippen molar-refractivity contribution in [3.8, 4) is 0 Å². The third-order valence-electron chi connectivity index (χ3n) is 2.80. The first-order chi connectivity index (χ1) is 9.79. The van der Waals surface area contributed by atoms with Crippen molar-refractivity contribution in [3.63, 3.8) is 0 Å². The summed E-state index contributed by atoms with van der Waals surface area (Å²) in [5.74, 6) is -4.29. The van der Waals surface area contributed by atoms with Crippen molar-refractivity contribution in [2.45, 2.75) is 12.7 Å². The number of rotatable bonds is 3. The topological polar surface area (TPSA) is 12.0 Å². The average molecular weight is 305 g/mol. The third-order valence-corrected chi connectivity index (χ3v) is 2.80. The molecule has 0 saturated heterocycles. The Morgan fingerprint density at radius 1 is 0.810 bits per heavy atom. The molecule has 0 heterocycles. The van der Waals surface area contributed by atoms with Crippen LogP contribution in [-0.4, -0.2) is 0 Å². The van der Waals surface area contributed by atoms with Crippen LogP contribution in [0.5, 0.6) is 0 Å². The minimum absolute atomic E-state index is 0.0276. The predicted octanol–water partition coefficient (Wildman–Crippen LogP) is 4.73. The van der Waals surface area contributed by atoms with Crippen LogP contribution in [0.25, 0.3) is 0 Å². The summed E-state index contributed by atoms with van der Waals surface area (Å²) in [5, 5.41) is 2.49. The number of benzene rings is 2. The molecular formula is C14H9F6N. The van der Waals surface area contributed by atoms with Gasteiger partial charge in [-0.1, -0.05) is 12.1 Å². The van der Waals surface area contributed by atoms with Crippen LogP contribution in [0.1, 0.15) is 11.1 Å². The molecule has 2 aromatic rings. The first-order valence-corrected chi connectivity index (χ1v) is 5.82. The van der Waals surface area contributed by atoms with Gasteiger partial charge in [0.25, 0.3) is 0 Å². The Labute approximate surface area is 116 Å². The zero-order chi connectivity index (χ0) is 15.6. The summed E-state index contributed by atoms with van der Waals surface area (Å²) in [7, 11) is 0. The predicted molar refractivity (Wildman–Crippen MR) is 65.1 cm³/mol. The fourth-order valence-corrected chi connectivity index (χ4v) is 1.67. The molecule has 0 aromatic heterocycles. The van der Waals surface area contributed by atoms with E-state index in [0.29, 0.717) is 5.56 Å². The highest BCUT2D eigenvalue weighted by Crippen LogP contribution is 2.29. The lowest BCUT2D eigenvalue weighted by Crippen LogP contribution is -2.06. The van der Waals surface area contributed by atoms with Crippen molar-refractivity contribution >= 4 is 5.69 Å². The van der Waals surface area contributed by atoms with Crippen LogP contribution in [0.2, 0.25) is 0 Å². The summed E-state index contributed by atoms with van der Waals surface area (Å²) in [6.45, 7) is -0.0276. The van der Waals surface area contributed by atoms with Crippen molar-refractivity contribution in [1.82, 2.24) is 0 Å². The SMILES string of the molecule is Fc1ccc(NCc2ccc(C(F)(F)F)cc2)c(F)c1F. The summed E-state index contributed by atoms with van der Waals surface area (Å²) in [4.78, 5) is 0. The molecule has 0 fully saturated rings. The van der Waals surface area contributed by atoms with Crippen molar-refractivity contribution in [2.24, 2.45) is 0 Å². The van der Waals surface area contributed by atoms with E-state index in [4.69, 9.17) is 0 Å². The van der Waals surface area contributed by atoms with Gasteiger partial charge in [0, 0.05) is 6.54 Å². The van der Waals surface area contributed by atoms with Crippen LogP contribution in [0.3, 0.4) is 0 Å². The van der Waals surface area contributed by atoms with E-state index in [1.54, 1.807) is 0 Å². The summed E-state index contributed by atoms with van der Waals surface area (Å²) in [5.41, 5.74) is -0.633. The van der Waals surface area contributed by atoms with Gasteiger partial charge in [0.1, 0.15) is 0 Å². The number of halogens is 6. The smallest absolute Gasteiger partial charge is 0.379 e. The van der Waals surface area contributed by atoms with Crippen molar-refractivity contribution in [2.75, 3.05) is 5.32 Å². The highest BCUT2D eigenvalue weighted by Gasteiger charge is 2.29. The summed E-state index contributed by atoms with van der Waals surface area (Å²) in [6, 6.07) is 5.98. The molecule has 1 nitrogen and oxygen atoms in total. The standard InChI is InChI=1S/C14H9F6N/c15-10-5-6-11(13(17)12(10)16)21-7-8-1-3-9(4-2-8)14(18,19)20/h1-6,21H,7H2. The Balaban J connectivity index is 2.09. The maximum Gasteiger partial charge on any atom is 0.416 e. The zero-order valence-corrected chi connectivity index (χ0v) is 10.4. The largest absolute Gasteiger partial charge is 0.416 e. The maximum atomic E-state index is 13.4. The quantitative estimate of drug-likeness (QED) is 0.638. The van der Waals surface area contributed by atoms with Crippen molar-refractivity contribution in [3.05, 3.63) is 65.0 Å². The molecule has 0 amide bonds. The Bertz CT molecular complexity index is 633. The molecular weight excluding hydrogens is 296 g/mol. The number of anilines is 1. The monoisotopic (exact) mass is 305 g/mol. The van der Waals surface area contributed by atoms with Crippen LogP contribution < -0.4 is 5.32 Å². The average Bonchev–Trinajstić information content (AvgIpc) is 2.43. The molecule has 0 bridgehead atoms. The molecule has 0 aliphatic rings. The molecule has 2 rings (SSSR count). The Morgan fingerprint density at radius 3 is 2.00 bits per heavy atom. The molecule has 21 heavy (non-hydrogen) atoms. The second-order valence-corrected chi connectivity index (χ2v) is 4.27. The van der Waals surface area contributed by atoms with Gasteiger partial charge in [-0.3, -0.25) is 0 Å². The lowest BCUT2D eigenvalue weighted by atomic mass is 10.1. The molecule has 0 saturated carbocycles. The fourth-order valence-electron chi connectivity index (χ4n) is 1.67. The molecule has 0 spiro atoms. The fraction of sp³-hybridized carbons (Fsp3) is 0.143. The van der Waals surface area contributed by atoms with Gasteiger partial charge in [0.05, 0.1) is 11.3 Å². The van der Waals surface area contributed by atoms with Crippen molar-refractivity contribution < 1.29 is 26.3 Å². The molecule has 0 unspecified atom stereocenters. The molecule has 0 aliphatic heterocycles. The number of nitrogens with one attached hydrogen (secondary N) is 1. The maximum absolute atomic E-state index is 13.4. The lowest BCUT2D eigenvalue weighted by molar-refractivity contribution is -0.137.